The zero-order chi connectivity index (χ0) is 27.6. The van der Waals surface area contributed by atoms with Gasteiger partial charge >= 0.3 is 6.01 Å². The van der Waals surface area contributed by atoms with Crippen molar-refractivity contribution in [3.63, 3.8) is 0 Å². The lowest BCUT2D eigenvalue weighted by Gasteiger charge is -2.44. The number of halogens is 2. The number of fused-ring (bicyclic) bond motifs is 3. The Kier molecular flexibility index (Phi) is 5.75. The molecule has 5 aromatic rings. The molecule has 6 heterocycles. The summed E-state index contributed by atoms with van der Waals surface area (Å²) in [6.07, 6.45) is 11.6. The number of rotatable bonds is 6. The summed E-state index contributed by atoms with van der Waals surface area (Å²) in [6, 6.07) is 11.5. The van der Waals surface area contributed by atoms with E-state index >= 15 is 4.39 Å². The molecule has 0 unspecified atom stereocenters. The van der Waals surface area contributed by atoms with Crippen molar-refractivity contribution in [2.24, 2.45) is 0 Å². The molecule has 3 aromatic heterocycles. The van der Waals surface area contributed by atoms with E-state index < -0.39 is 5.82 Å². The molecule has 0 spiro atoms. The highest BCUT2D eigenvalue weighted by Gasteiger charge is 2.45. The lowest BCUT2D eigenvalue weighted by atomic mass is 9.95. The fourth-order valence-electron chi connectivity index (χ4n) is 6.72. The van der Waals surface area contributed by atoms with Gasteiger partial charge in [0, 0.05) is 34.6 Å². The number of hydrogen-bond acceptors (Lipinski definition) is 8. The molecular weight excluding hydrogens is 543 g/mol. The summed E-state index contributed by atoms with van der Waals surface area (Å²) < 4.78 is 24.8. The second-order valence-electron chi connectivity index (χ2n) is 11.1. The maximum Gasteiger partial charge on any atom is 0.319 e. The van der Waals surface area contributed by atoms with E-state index in [1.807, 2.05) is 47.3 Å². The van der Waals surface area contributed by atoms with E-state index in [1.54, 1.807) is 18.7 Å². The first-order chi connectivity index (χ1) is 20.1. The Balaban J connectivity index is 1.22. The molecule has 0 N–H and O–H groups in total. The van der Waals surface area contributed by atoms with Crippen LogP contribution >= 0.6 is 11.6 Å². The first-order valence-electron chi connectivity index (χ1n) is 14.0. The number of hydrogen-bond donors (Lipinski definition) is 0. The van der Waals surface area contributed by atoms with Crippen molar-refractivity contribution in [2.45, 2.75) is 31.2 Å². The van der Waals surface area contributed by atoms with Crippen molar-refractivity contribution in [1.82, 2.24) is 29.5 Å². The van der Waals surface area contributed by atoms with Crippen molar-refractivity contribution in [2.75, 3.05) is 42.9 Å². The van der Waals surface area contributed by atoms with Gasteiger partial charge in [-0.3, -0.25) is 14.9 Å². The van der Waals surface area contributed by atoms with Crippen LogP contribution in [0.2, 0.25) is 5.02 Å². The second-order valence-corrected chi connectivity index (χ2v) is 11.5. The smallest absolute Gasteiger partial charge is 0.319 e. The van der Waals surface area contributed by atoms with Gasteiger partial charge in [0.1, 0.15) is 43.3 Å². The van der Waals surface area contributed by atoms with Gasteiger partial charge in [0.2, 0.25) is 0 Å². The first kappa shape index (κ1) is 24.8. The van der Waals surface area contributed by atoms with Gasteiger partial charge in [-0.05, 0) is 50.2 Å². The SMILES string of the molecule is Fc1c(-c2cccc3cccc(Cl)c23)ncc2c(N3CN(n4ccnc4)C3)nc(OCC34CCCN3CCC4)nc12. The van der Waals surface area contributed by atoms with Crippen LogP contribution < -0.4 is 14.6 Å². The summed E-state index contributed by atoms with van der Waals surface area (Å²) in [5.41, 5.74) is 1.03. The van der Waals surface area contributed by atoms with E-state index in [9.17, 15) is 0 Å². The minimum Gasteiger partial charge on any atom is -0.461 e. The zero-order valence-corrected chi connectivity index (χ0v) is 23.1. The van der Waals surface area contributed by atoms with Crippen LogP contribution in [0.4, 0.5) is 10.2 Å². The van der Waals surface area contributed by atoms with Crippen molar-refractivity contribution in [3.05, 3.63) is 72.2 Å². The van der Waals surface area contributed by atoms with E-state index in [0.717, 1.165) is 36.7 Å². The monoisotopic (exact) mass is 570 g/mol. The zero-order valence-electron chi connectivity index (χ0n) is 22.4. The molecule has 3 aliphatic heterocycles. The molecule has 9 nitrogen and oxygen atoms in total. The lowest BCUT2D eigenvalue weighted by Crippen LogP contribution is -2.60. The number of benzene rings is 2. The Morgan fingerprint density at radius 1 is 1.02 bits per heavy atom. The van der Waals surface area contributed by atoms with Gasteiger partial charge in [-0.1, -0.05) is 41.9 Å². The largest absolute Gasteiger partial charge is 0.461 e. The number of pyridine rings is 1. The van der Waals surface area contributed by atoms with E-state index in [2.05, 4.69) is 29.8 Å². The minimum atomic E-state index is -0.517. The highest BCUT2D eigenvalue weighted by molar-refractivity contribution is 6.36. The number of anilines is 1. The Labute approximate surface area is 241 Å². The summed E-state index contributed by atoms with van der Waals surface area (Å²) in [4.78, 5) is 22.8. The highest BCUT2D eigenvalue weighted by Crippen LogP contribution is 2.40. The summed E-state index contributed by atoms with van der Waals surface area (Å²) in [7, 11) is 0. The molecule has 0 saturated carbocycles. The third-order valence-electron chi connectivity index (χ3n) is 8.82. The highest BCUT2D eigenvalue weighted by atomic mass is 35.5. The molecule has 0 aliphatic carbocycles. The Hall–Kier alpha value is -4.02. The van der Waals surface area contributed by atoms with Crippen LogP contribution in [-0.2, 0) is 0 Å². The fraction of sp³-hybridized carbons (Fsp3) is 0.333. The average molecular weight is 571 g/mol. The van der Waals surface area contributed by atoms with Crippen molar-refractivity contribution >= 4 is 39.1 Å². The van der Waals surface area contributed by atoms with E-state index in [1.165, 1.54) is 12.8 Å². The molecule has 0 atom stereocenters. The standard InChI is InChI=1S/C30H28ClFN8O/c31-23-8-2-6-20-5-1-7-21(24(20)23)26-25(32)27-22(15-34-26)28(37-18-40(19-37)39-14-11-33-17-39)36-29(35-27)41-16-30-9-3-12-38(30)13-4-10-30/h1-2,5-8,11,14-15,17H,3-4,9-10,12-13,16,18-19H2. The maximum absolute atomic E-state index is 16.5. The van der Waals surface area contributed by atoms with Crippen LogP contribution in [-0.4, -0.2) is 68.1 Å². The molecule has 2 aromatic carbocycles. The summed E-state index contributed by atoms with van der Waals surface area (Å²) in [6.45, 7) is 3.81. The Morgan fingerprint density at radius 2 is 1.83 bits per heavy atom. The Bertz CT molecular complexity index is 1760. The molecule has 3 aliphatic rings. The van der Waals surface area contributed by atoms with Gasteiger partial charge in [-0.2, -0.15) is 9.97 Å². The van der Waals surface area contributed by atoms with Crippen molar-refractivity contribution < 1.29 is 9.13 Å². The van der Waals surface area contributed by atoms with Crippen LogP contribution in [0.3, 0.4) is 0 Å². The molecule has 3 fully saturated rings. The van der Waals surface area contributed by atoms with Gasteiger partial charge in [0.05, 0.1) is 10.9 Å². The predicted molar refractivity (Wildman–Crippen MR) is 156 cm³/mol. The molecule has 3 saturated heterocycles. The molecule has 41 heavy (non-hydrogen) atoms. The van der Waals surface area contributed by atoms with Crippen molar-refractivity contribution in [3.8, 4) is 17.3 Å². The van der Waals surface area contributed by atoms with Crippen molar-refractivity contribution in [1.29, 1.82) is 0 Å². The predicted octanol–water partition coefficient (Wildman–Crippen LogP) is 5.21. The third kappa shape index (κ3) is 3.99. The molecule has 0 bridgehead atoms. The number of ether oxygens (including phenoxy) is 1. The van der Waals surface area contributed by atoms with E-state index in [4.69, 9.17) is 21.3 Å². The van der Waals surface area contributed by atoms with Gasteiger partial charge < -0.3 is 9.64 Å². The molecule has 8 rings (SSSR count). The Morgan fingerprint density at radius 3 is 2.61 bits per heavy atom. The number of nitrogens with zero attached hydrogens (tertiary/aromatic N) is 8. The fourth-order valence-corrected chi connectivity index (χ4v) is 7.00. The van der Waals surface area contributed by atoms with Crippen LogP contribution in [0.15, 0.2) is 61.3 Å². The number of imidazole rings is 1. The van der Waals surface area contributed by atoms with Gasteiger partial charge in [-0.25, -0.2) is 14.1 Å². The maximum atomic E-state index is 16.5. The topological polar surface area (TPSA) is 75.4 Å². The molecule has 0 radical (unpaired) electrons. The average Bonchev–Trinajstić information content (AvgIpc) is 3.70. The molecular formula is C30H28ClFN8O. The van der Waals surface area contributed by atoms with Crippen LogP contribution in [0.1, 0.15) is 25.7 Å². The van der Waals surface area contributed by atoms with Gasteiger partial charge in [0.15, 0.2) is 5.82 Å². The lowest BCUT2D eigenvalue weighted by molar-refractivity contribution is 0.108. The summed E-state index contributed by atoms with van der Waals surface area (Å²) in [5.74, 6) is 0.0828. The molecule has 0 amide bonds. The minimum absolute atomic E-state index is 0.0229. The van der Waals surface area contributed by atoms with Crippen LogP contribution in [0.5, 0.6) is 6.01 Å². The van der Waals surface area contributed by atoms with Crippen LogP contribution in [0.25, 0.3) is 32.9 Å². The quantitative estimate of drug-likeness (QED) is 0.275. The molecule has 11 heteroatoms. The van der Waals surface area contributed by atoms with E-state index in [-0.39, 0.29) is 22.8 Å². The summed E-state index contributed by atoms with van der Waals surface area (Å²) in [5, 5.41) is 4.85. The van der Waals surface area contributed by atoms with Gasteiger partial charge in [-0.15, -0.1) is 0 Å². The third-order valence-corrected chi connectivity index (χ3v) is 9.13. The molecule has 208 valence electrons. The second kappa shape index (κ2) is 9.53. The van der Waals surface area contributed by atoms with Crippen LogP contribution in [0, 0.1) is 5.82 Å². The number of aromatic nitrogens is 5. The summed E-state index contributed by atoms with van der Waals surface area (Å²) >= 11 is 6.59. The van der Waals surface area contributed by atoms with Gasteiger partial charge in [0.25, 0.3) is 0 Å². The first-order valence-corrected chi connectivity index (χ1v) is 14.4. The normalized spacial score (nSPS) is 18.3. The van der Waals surface area contributed by atoms with E-state index in [0.29, 0.717) is 41.7 Å².